The van der Waals surface area contributed by atoms with E-state index in [1.807, 2.05) is 0 Å². The minimum atomic E-state index is 0.935. The van der Waals surface area contributed by atoms with Crippen LogP contribution in [0.15, 0.2) is 0 Å². The summed E-state index contributed by atoms with van der Waals surface area (Å²) in [6.45, 7) is 22.8. The van der Waals surface area contributed by atoms with E-state index < -0.39 is 0 Å². The van der Waals surface area contributed by atoms with Crippen molar-refractivity contribution in [3.8, 4) is 0 Å². The van der Waals surface area contributed by atoms with Crippen LogP contribution in [0.4, 0.5) is 0 Å². The Bertz CT molecular complexity index is 424. The molecule has 0 spiro atoms. The highest BCUT2D eigenvalue weighted by Gasteiger charge is 2.57. The molecule has 0 bridgehead atoms. The second kappa shape index (κ2) is 18.3. The van der Waals surface area contributed by atoms with Crippen LogP contribution in [0.1, 0.15) is 166 Å². The molecule has 0 nitrogen and oxygen atoms in total. The first-order chi connectivity index (χ1) is 16.8. The molecular weight excluding hydrogens is 420 g/mol. The van der Waals surface area contributed by atoms with Gasteiger partial charge in [-0.2, -0.15) is 0 Å². The molecule has 0 aromatic rings. The Labute approximate surface area is 224 Å². The van der Waals surface area contributed by atoms with E-state index in [9.17, 15) is 0 Å². The Morgan fingerprint density at radius 1 is 0.429 bits per heavy atom. The van der Waals surface area contributed by atoms with Gasteiger partial charge in [-0.1, -0.05) is 166 Å². The molecule has 0 heteroatoms. The third kappa shape index (κ3) is 10.3. The van der Waals surface area contributed by atoms with Crippen molar-refractivity contribution in [1.82, 2.24) is 0 Å². The minimum absolute atomic E-state index is 0.935. The molecule has 0 radical (unpaired) electrons. The second-order valence-electron chi connectivity index (χ2n) is 13.4. The van der Waals surface area contributed by atoms with Crippen molar-refractivity contribution in [3.05, 3.63) is 0 Å². The van der Waals surface area contributed by atoms with Crippen LogP contribution in [0, 0.1) is 59.2 Å². The first kappa shape index (κ1) is 33.0. The molecule has 2 unspecified atom stereocenters. The van der Waals surface area contributed by atoms with Crippen LogP contribution in [-0.2, 0) is 0 Å². The zero-order chi connectivity index (χ0) is 26.4. The summed E-state index contributed by atoms with van der Waals surface area (Å²) in [4.78, 5) is 0. The molecule has 4 aliphatic rings. The average Bonchev–Trinajstić information content (AvgIpc) is 2.80. The summed E-state index contributed by atoms with van der Waals surface area (Å²) in [6.07, 6.45) is 22.1. The van der Waals surface area contributed by atoms with E-state index in [0.29, 0.717) is 0 Å². The Morgan fingerprint density at radius 3 is 0.800 bits per heavy atom. The van der Waals surface area contributed by atoms with E-state index in [0.717, 1.165) is 35.5 Å². The standard InChI is InChI=1S/C17H28.3C6H14/c1-11-15(12-5-2-6-12)17(14-9-4-10-14)16(11)13-7-3-8-13;3*1-4-6(3)5-2/h11-17H,2-10H2,1H3;3*6H,4-5H2,1-3H3. The van der Waals surface area contributed by atoms with Gasteiger partial charge in [0.2, 0.25) is 0 Å². The Kier molecular flexibility index (Phi) is 17.3. The molecule has 210 valence electrons. The van der Waals surface area contributed by atoms with Gasteiger partial charge in [0, 0.05) is 0 Å². The molecule has 0 aromatic carbocycles. The van der Waals surface area contributed by atoms with Crippen molar-refractivity contribution in [2.24, 2.45) is 59.2 Å². The summed E-state index contributed by atoms with van der Waals surface area (Å²) in [7, 11) is 0. The van der Waals surface area contributed by atoms with E-state index in [4.69, 9.17) is 0 Å². The van der Waals surface area contributed by atoms with Crippen LogP contribution in [0.3, 0.4) is 0 Å². The first-order valence-electron chi connectivity index (χ1n) is 16.8. The third-order valence-electron chi connectivity index (χ3n) is 11.4. The van der Waals surface area contributed by atoms with Crippen molar-refractivity contribution >= 4 is 0 Å². The van der Waals surface area contributed by atoms with Crippen molar-refractivity contribution < 1.29 is 0 Å². The van der Waals surface area contributed by atoms with E-state index in [-0.39, 0.29) is 0 Å². The average molecular weight is 491 g/mol. The van der Waals surface area contributed by atoms with Gasteiger partial charge in [0.1, 0.15) is 0 Å². The van der Waals surface area contributed by atoms with Gasteiger partial charge in [0.15, 0.2) is 0 Å². The predicted molar refractivity (Wildman–Crippen MR) is 161 cm³/mol. The van der Waals surface area contributed by atoms with Crippen molar-refractivity contribution in [3.63, 3.8) is 0 Å². The van der Waals surface area contributed by atoms with Gasteiger partial charge in [0.05, 0.1) is 0 Å². The molecule has 0 N–H and O–H groups in total. The van der Waals surface area contributed by atoms with Gasteiger partial charge >= 0.3 is 0 Å². The molecule has 2 atom stereocenters. The van der Waals surface area contributed by atoms with Crippen molar-refractivity contribution in [2.75, 3.05) is 0 Å². The lowest BCUT2D eigenvalue weighted by atomic mass is 9.41. The van der Waals surface area contributed by atoms with Gasteiger partial charge in [0.25, 0.3) is 0 Å². The molecule has 0 saturated heterocycles. The largest absolute Gasteiger partial charge is 0.0651 e. The molecule has 35 heavy (non-hydrogen) atoms. The topological polar surface area (TPSA) is 0 Å². The van der Waals surface area contributed by atoms with Gasteiger partial charge in [-0.15, -0.1) is 0 Å². The SMILES string of the molecule is CC1C(C2CCC2)C(C2CCC2)C1C1CCC1.CCC(C)CC.CCC(C)CC.CCC(C)CC. The summed E-state index contributed by atoms with van der Waals surface area (Å²) in [5.41, 5.74) is 0. The quantitative estimate of drug-likeness (QED) is 0.301. The molecule has 4 aliphatic carbocycles. The molecule has 0 aliphatic heterocycles. The van der Waals surface area contributed by atoms with Gasteiger partial charge < -0.3 is 0 Å². The molecule has 4 fully saturated rings. The van der Waals surface area contributed by atoms with Crippen LogP contribution < -0.4 is 0 Å². The fourth-order valence-corrected chi connectivity index (χ4v) is 6.52. The van der Waals surface area contributed by atoms with E-state index >= 15 is 0 Å². The Balaban J connectivity index is 0.000000285. The smallest absolute Gasteiger partial charge is 0.0318 e. The molecule has 4 rings (SSSR count). The predicted octanol–water partition coefficient (Wildman–Crippen LogP) is 12.2. The first-order valence-corrected chi connectivity index (χ1v) is 16.8. The number of hydrogen-bond donors (Lipinski definition) is 0. The van der Waals surface area contributed by atoms with Crippen molar-refractivity contribution in [2.45, 2.75) is 166 Å². The van der Waals surface area contributed by atoms with Crippen LogP contribution in [0.2, 0.25) is 0 Å². The molecule has 4 saturated carbocycles. The van der Waals surface area contributed by atoms with Gasteiger partial charge in [-0.05, 0) is 59.2 Å². The van der Waals surface area contributed by atoms with Gasteiger partial charge in [-0.3, -0.25) is 0 Å². The lowest BCUT2D eigenvalue weighted by Gasteiger charge is -2.64. The monoisotopic (exact) mass is 491 g/mol. The zero-order valence-corrected chi connectivity index (χ0v) is 26.4. The van der Waals surface area contributed by atoms with Crippen LogP contribution in [-0.4, -0.2) is 0 Å². The van der Waals surface area contributed by atoms with Crippen LogP contribution in [0.5, 0.6) is 0 Å². The van der Waals surface area contributed by atoms with Gasteiger partial charge in [-0.25, -0.2) is 0 Å². The summed E-state index contributed by atoms with van der Waals surface area (Å²) >= 11 is 0. The highest BCUT2D eigenvalue weighted by Crippen LogP contribution is 2.64. The fraction of sp³-hybridized carbons (Fsp3) is 1.00. The Hall–Kier alpha value is 0. The highest BCUT2D eigenvalue weighted by molar-refractivity contribution is 5.06. The molecule has 0 aromatic heterocycles. The summed E-state index contributed by atoms with van der Waals surface area (Å²) in [5, 5.41) is 0. The number of rotatable bonds is 9. The molecular formula is C35H70. The normalized spacial score (nSPS) is 28.4. The summed E-state index contributed by atoms with van der Waals surface area (Å²) in [6, 6.07) is 0. The second-order valence-corrected chi connectivity index (χ2v) is 13.4. The van der Waals surface area contributed by atoms with E-state index in [2.05, 4.69) is 69.2 Å². The lowest BCUT2D eigenvalue weighted by molar-refractivity contribution is -0.153. The molecule has 0 amide bonds. The molecule has 0 heterocycles. The maximum absolute atomic E-state index is 2.61. The van der Waals surface area contributed by atoms with Crippen LogP contribution >= 0.6 is 0 Å². The highest BCUT2D eigenvalue weighted by atomic mass is 14.6. The van der Waals surface area contributed by atoms with Crippen molar-refractivity contribution in [1.29, 1.82) is 0 Å². The summed E-state index contributed by atoms with van der Waals surface area (Å²) in [5.74, 6) is 10.9. The maximum Gasteiger partial charge on any atom is -0.0318 e. The Morgan fingerprint density at radius 2 is 0.657 bits per heavy atom. The zero-order valence-electron chi connectivity index (χ0n) is 26.4. The third-order valence-corrected chi connectivity index (χ3v) is 11.4. The minimum Gasteiger partial charge on any atom is -0.0651 e. The van der Waals surface area contributed by atoms with E-state index in [1.54, 1.807) is 57.8 Å². The van der Waals surface area contributed by atoms with E-state index in [1.165, 1.54) is 62.2 Å². The van der Waals surface area contributed by atoms with Crippen LogP contribution in [0.25, 0.3) is 0 Å². The maximum atomic E-state index is 2.61. The number of hydrogen-bond acceptors (Lipinski definition) is 0. The lowest BCUT2D eigenvalue weighted by Crippen LogP contribution is -2.57. The summed E-state index contributed by atoms with van der Waals surface area (Å²) < 4.78 is 0. The fourth-order valence-electron chi connectivity index (χ4n) is 6.52.